The van der Waals surface area contributed by atoms with Gasteiger partial charge in [0.05, 0.1) is 5.41 Å². The van der Waals surface area contributed by atoms with Crippen LogP contribution in [0.2, 0.25) is 5.02 Å². The minimum Gasteiger partial charge on any atom is -0.484 e. The molecule has 0 atom stereocenters. The van der Waals surface area contributed by atoms with Crippen molar-refractivity contribution in [3.8, 4) is 5.75 Å². The third-order valence-corrected chi connectivity index (χ3v) is 6.36. The van der Waals surface area contributed by atoms with Crippen LogP contribution in [0.5, 0.6) is 5.75 Å². The molecule has 2 saturated heterocycles. The maximum atomic E-state index is 13.3. The summed E-state index contributed by atoms with van der Waals surface area (Å²) in [6.45, 7) is 2.73. The summed E-state index contributed by atoms with van der Waals surface area (Å²) in [5, 5.41) is 3.69. The maximum Gasteiger partial charge on any atom is 0.260 e. The minimum absolute atomic E-state index is 0.0132. The molecule has 0 radical (unpaired) electrons. The van der Waals surface area contributed by atoms with Gasteiger partial charge in [0.1, 0.15) is 5.75 Å². The molecular weight excluding hydrogens is 416 g/mol. The summed E-state index contributed by atoms with van der Waals surface area (Å²) >= 11 is 6.04. The lowest BCUT2D eigenvalue weighted by molar-refractivity contribution is -0.132. The molecule has 0 aromatic heterocycles. The molecule has 2 aliphatic heterocycles. The van der Waals surface area contributed by atoms with E-state index in [-0.39, 0.29) is 18.4 Å². The van der Waals surface area contributed by atoms with Gasteiger partial charge in [-0.05, 0) is 67.6 Å². The highest BCUT2D eigenvalue weighted by Gasteiger charge is 2.41. The Balaban J connectivity index is 1.40. The molecule has 2 aromatic rings. The van der Waals surface area contributed by atoms with Gasteiger partial charge in [0.2, 0.25) is 5.91 Å². The number of anilines is 1. The standard InChI is InChI=1S/C24H27ClN2O4/c25-19-5-3-18(4-6-19)24(11-15-30-16-12-24)23(29)26-20-7-9-21(10-8-20)31-17-22(28)27-13-1-2-14-27/h3-10H,1-2,11-17H2,(H,26,29). The summed E-state index contributed by atoms with van der Waals surface area (Å²) in [5.74, 6) is 0.555. The Kier molecular flexibility index (Phi) is 6.78. The summed E-state index contributed by atoms with van der Waals surface area (Å²) in [6.07, 6.45) is 3.34. The minimum atomic E-state index is -0.653. The van der Waals surface area contributed by atoms with Crippen molar-refractivity contribution in [3.05, 3.63) is 59.1 Å². The average molecular weight is 443 g/mol. The van der Waals surface area contributed by atoms with Gasteiger partial charge in [-0.3, -0.25) is 9.59 Å². The molecule has 0 aliphatic carbocycles. The monoisotopic (exact) mass is 442 g/mol. The third kappa shape index (κ3) is 5.02. The van der Waals surface area contributed by atoms with Gasteiger partial charge in [-0.25, -0.2) is 0 Å². The number of halogens is 1. The predicted octanol–water partition coefficient (Wildman–Crippen LogP) is 4.03. The Morgan fingerprint density at radius 3 is 2.29 bits per heavy atom. The van der Waals surface area contributed by atoms with Crippen molar-refractivity contribution < 1.29 is 19.1 Å². The van der Waals surface area contributed by atoms with E-state index < -0.39 is 5.41 Å². The fourth-order valence-corrected chi connectivity index (χ4v) is 4.35. The van der Waals surface area contributed by atoms with E-state index in [1.54, 1.807) is 24.3 Å². The normalized spacial score (nSPS) is 17.9. The van der Waals surface area contributed by atoms with Gasteiger partial charge in [0.15, 0.2) is 6.61 Å². The van der Waals surface area contributed by atoms with E-state index in [0.717, 1.165) is 31.5 Å². The molecule has 0 unspecified atom stereocenters. The van der Waals surface area contributed by atoms with Crippen molar-refractivity contribution in [2.24, 2.45) is 0 Å². The number of carbonyl (C=O) groups is 2. The molecule has 0 spiro atoms. The SMILES string of the molecule is O=C(COc1ccc(NC(=O)C2(c3ccc(Cl)cc3)CCOCC2)cc1)N1CCCC1. The van der Waals surface area contributed by atoms with Crippen molar-refractivity contribution >= 4 is 29.1 Å². The van der Waals surface area contributed by atoms with Crippen LogP contribution in [0, 0.1) is 0 Å². The lowest BCUT2D eigenvalue weighted by Gasteiger charge is -2.36. The largest absolute Gasteiger partial charge is 0.484 e. The number of carbonyl (C=O) groups excluding carboxylic acids is 2. The van der Waals surface area contributed by atoms with Gasteiger partial charge in [0.25, 0.3) is 5.91 Å². The van der Waals surface area contributed by atoms with Gasteiger partial charge >= 0.3 is 0 Å². The lowest BCUT2D eigenvalue weighted by Crippen LogP contribution is -2.44. The van der Waals surface area contributed by atoms with Crippen molar-refractivity contribution in [1.82, 2.24) is 4.90 Å². The molecule has 2 fully saturated rings. The summed E-state index contributed by atoms with van der Waals surface area (Å²) in [7, 11) is 0. The maximum absolute atomic E-state index is 13.3. The highest BCUT2D eigenvalue weighted by atomic mass is 35.5. The number of likely N-dealkylation sites (tertiary alicyclic amines) is 1. The van der Waals surface area contributed by atoms with E-state index in [2.05, 4.69) is 5.32 Å². The molecule has 4 rings (SSSR count). The van der Waals surface area contributed by atoms with Crippen LogP contribution >= 0.6 is 11.6 Å². The highest BCUT2D eigenvalue weighted by molar-refractivity contribution is 6.30. The molecule has 0 saturated carbocycles. The Bertz CT molecular complexity index is 902. The zero-order valence-electron chi connectivity index (χ0n) is 17.4. The van der Waals surface area contributed by atoms with E-state index >= 15 is 0 Å². The first kappa shape index (κ1) is 21.7. The van der Waals surface area contributed by atoms with Crippen LogP contribution < -0.4 is 10.1 Å². The van der Waals surface area contributed by atoms with Crippen molar-refractivity contribution in [2.75, 3.05) is 38.2 Å². The van der Waals surface area contributed by atoms with Crippen molar-refractivity contribution in [2.45, 2.75) is 31.1 Å². The number of benzene rings is 2. The van der Waals surface area contributed by atoms with Crippen LogP contribution in [0.25, 0.3) is 0 Å². The van der Waals surface area contributed by atoms with E-state index in [1.807, 2.05) is 29.2 Å². The molecule has 2 aromatic carbocycles. The molecule has 1 N–H and O–H groups in total. The first-order valence-corrected chi connectivity index (χ1v) is 11.1. The van der Waals surface area contributed by atoms with Crippen LogP contribution in [0.3, 0.4) is 0 Å². The van der Waals surface area contributed by atoms with Crippen LogP contribution in [0.4, 0.5) is 5.69 Å². The number of nitrogens with zero attached hydrogens (tertiary/aromatic N) is 1. The Morgan fingerprint density at radius 1 is 1.00 bits per heavy atom. The molecule has 2 aliphatic rings. The number of hydrogen-bond acceptors (Lipinski definition) is 4. The molecular formula is C24H27ClN2O4. The van der Waals surface area contributed by atoms with Crippen LogP contribution in [0.1, 0.15) is 31.2 Å². The smallest absolute Gasteiger partial charge is 0.260 e. The second-order valence-corrected chi connectivity index (χ2v) is 8.49. The Labute approximate surface area is 187 Å². The molecule has 7 heteroatoms. The van der Waals surface area contributed by atoms with E-state index in [0.29, 0.717) is 42.5 Å². The van der Waals surface area contributed by atoms with Crippen LogP contribution in [-0.2, 0) is 19.7 Å². The number of hydrogen-bond donors (Lipinski definition) is 1. The van der Waals surface area contributed by atoms with E-state index in [4.69, 9.17) is 21.1 Å². The summed E-state index contributed by atoms with van der Waals surface area (Å²) in [6, 6.07) is 14.6. The number of rotatable bonds is 6. The second kappa shape index (κ2) is 9.71. The second-order valence-electron chi connectivity index (χ2n) is 8.06. The molecule has 164 valence electrons. The summed E-state index contributed by atoms with van der Waals surface area (Å²) in [4.78, 5) is 27.3. The topological polar surface area (TPSA) is 67.9 Å². The summed E-state index contributed by atoms with van der Waals surface area (Å²) in [5.41, 5.74) is 0.973. The highest BCUT2D eigenvalue weighted by Crippen LogP contribution is 2.37. The van der Waals surface area contributed by atoms with Gasteiger partial charge in [-0.1, -0.05) is 23.7 Å². The number of nitrogens with one attached hydrogen (secondary N) is 1. The fourth-order valence-electron chi connectivity index (χ4n) is 4.22. The molecule has 2 heterocycles. The number of amides is 2. The Hall–Kier alpha value is -2.57. The van der Waals surface area contributed by atoms with Crippen LogP contribution in [-0.4, -0.2) is 49.6 Å². The van der Waals surface area contributed by atoms with Crippen molar-refractivity contribution in [1.29, 1.82) is 0 Å². The zero-order valence-corrected chi connectivity index (χ0v) is 18.2. The number of ether oxygens (including phenoxy) is 2. The van der Waals surface area contributed by atoms with Crippen molar-refractivity contribution in [3.63, 3.8) is 0 Å². The first-order chi connectivity index (χ1) is 15.1. The van der Waals surface area contributed by atoms with Gasteiger partial charge in [0, 0.05) is 37.0 Å². The fraction of sp³-hybridized carbons (Fsp3) is 0.417. The zero-order chi connectivity index (χ0) is 21.7. The van der Waals surface area contributed by atoms with E-state index in [1.165, 1.54) is 0 Å². The lowest BCUT2D eigenvalue weighted by atomic mass is 9.73. The van der Waals surface area contributed by atoms with E-state index in [9.17, 15) is 9.59 Å². The third-order valence-electron chi connectivity index (χ3n) is 6.11. The predicted molar refractivity (Wildman–Crippen MR) is 120 cm³/mol. The molecule has 6 nitrogen and oxygen atoms in total. The molecule has 31 heavy (non-hydrogen) atoms. The first-order valence-electron chi connectivity index (χ1n) is 10.7. The quantitative estimate of drug-likeness (QED) is 0.733. The average Bonchev–Trinajstić information content (AvgIpc) is 3.34. The van der Waals surface area contributed by atoms with Gasteiger partial charge in [-0.15, -0.1) is 0 Å². The molecule has 2 amide bonds. The Morgan fingerprint density at radius 2 is 1.65 bits per heavy atom. The van der Waals surface area contributed by atoms with Gasteiger partial charge in [-0.2, -0.15) is 0 Å². The van der Waals surface area contributed by atoms with Crippen LogP contribution in [0.15, 0.2) is 48.5 Å². The molecule has 0 bridgehead atoms. The van der Waals surface area contributed by atoms with Gasteiger partial charge < -0.3 is 19.7 Å². The summed E-state index contributed by atoms with van der Waals surface area (Å²) < 4.78 is 11.1.